The molecule has 0 heteroatoms. The number of fused-ring (bicyclic) bond motifs is 10. The summed E-state index contributed by atoms with van der Waals surface area (Å²) in [7, 11) is 0. The molecule has 0 amide bonds. The average molecular weight is 926 g/mol. The summed E-state index contributed by atoms with van der Waals surface area (Å²) < 4.78 is 0. The summed E-state index contributed by atoms with van der Waals surface area (Å²) in [5, 5.41) is 0. The summed E-state index contributed by atoms with van der Waals surface area (Å²) in [6.07, 6.45) is 77.0. The SMILES string of the molecule is C1CC2C3CCC(C3)C2C1.C1CC2CC(C1)C2.C1CC2CCC1C2.C1CCC(C2CCCCC2)CC1.C1CCC2CCCCC2C1.C1CCCCC1.CC(C)(C1CCCCC1)C1CCCCC1. The molecule has 0 N–H and O–H groups in total. The highest BCUT2D eigenvalue weighted by atomic mass is 14.5. The van der Waals surface area contributed by atoms with Crippen LogP contribution >= 0.6 is 0 Å². The van der Waals surface area contributed by atoms with Crippen LogP contribution in [0.3, 0.4) is 0 Å². The minimum absolute atomic E-state index is 0.640. The normalized spacial score (nSPS) is 38.1. The molecule has 15 rings (SSSR count). The fourth-order valence-corrected chi connectivity index (χ4v) is 19.4. The molecular formula is C67H120. The van der Waals surface area contributed by atoms with Crippen LogP contribution in [-0.2, 0) is 0 Å². The molecule has 0 nitrogen and oxygen atoms in total. The van der Waals surface area contributed by atoms with Gasteiger partial charge in [0.1, 0.15) is 0 Å². The Hall–Kier alpha value is 0. The second kappa shape index (κ2) is 29.0. The molecule has 15 aliphatic rings. The third kappa shape index (κ3) is 16.8. The van der Waals surface area contributed by atoms with Crippen molar-refractivity contribution < 1.29 is 0 Å². The van der Waals surface area contributed by atoms with Crippen molar-refractivity contribution in [1.82, 2.24) is 0 Å². The summed E-state index contributed by atoms with van der Waals surface area (Å²) in [5.74, 6) is 16.2. The van der Waals surface area contributed by atoms with Crippen molar-refractivity contribution in [3.63, 3.8) is 0 Å². The molecule has 4 unspecified atom stereocenters. The van der Waals surface area contributed by atoms with E-state index < -0.39 is 0 Å². The molecule has 0 heterocycles. The number of rotatable bonds is 3. The summed E-state index contributed by atoms with van der Waals surface area (Å²) in [5.41, 5.74) is 0.640. The number of hydrogen-bond acceptors (Lipinski definition) is 0. The van der Waals surface area contributed by atoms with Gasteiger partial charge in [-0.25, -0.2) is 0 Å². The van der Waals surface area contributed by atoms with Gasteiger partial charge in [0.2, 0.25) is 0 Å². The van der Waals surface area contributed by atoms with Crippen LogP contribution in [0.5, 0.6) is 0 Å². The molecule has 388 valence electrons. The van der Waals surface area contributed by atoms with E-state index in [1.165, 1.54) is 221 Å². The lowest BCUT2D eigenvalue weighted by molar-refractivity contribution is 0.0587. The monoisotopic (exact) mass is 925 g/mol. The molecule has 15 aliphatic carbocycles. The van der Waals surface area contributed by atoms with Gasteiger partial charge in [-0.05, 0) is 165 Å². The molecule has 0 aromatic heterocycles. The first-order valence-electron chi connectivity index (χ1n) is 33.0. The van der Waals surface area contributed by atoms with Crippen LogP contribution < -0.4 is 0 Å². The van der Waals surface area contributed by atoms with Gasteiger partial charge in [0.05, 0.1) is 0 Å². The minimum Gasteiger partial charge on any atom is -0.0594 e. The zero-order chi connectivity index (χ0) is 45.9. The molecule has 15 fully saturated rings. The highest BCUT2D eigenvalue weighted by Crippen LogP contribution is 2.58. The van der Waals surface area contributed by atoms with Crippen LogP contribution in [0.25, 0.3) is 0 Å². The van der Waals surface area contributed by atoms with Gasteiger partial charge >= 0.3 is 0 Å². The van der Waals surface area contributed by atoms with Gasteiger partial charge in [-0.15, -0.1) is 0 Å². The lowest BCUT2D eigenvalue weighted by Crippen LogP contribution is -2.35. The second-order valence-corrected chi connectivity index (χ2v) is 28.3. The van der Waals surface area contributed by atoms with E-state index in [-0.39, 0.29) is 0 Å². The highest BCUT2D eigenvalue weighted by molar-refractivity contribution is 4.99. The van der Waals surface area contributed by atoms with Crippen molar-refractivity contribution in [2.75, 3.05) is 0 Å². The molecule has 67 heavy (non-hydrogen) atoms. The van der Waals surface area contributed by atoms with Crippen LogP contribution in [-0.4, -0.2) is 0 Å². The fourth-order valence-electron chi connectivity index (χ4n) is 19.4. The van der Waals surface area contributed by atoms with E-state index in [0.717, 1.165) is 35.5 Å². The molecule has 0 aliphatic heterocycles. The first kappa shape index (κ1) is 53.3. The van der Waals surface area contributed by atoms with Crippen molar-refractivity contribution in [1.29, 1.82) is 0 Å². The molecule has 0 spiro atoms. The lowest BCUT2D eigenvalue weighted by Gasteiger charge is -2.44. The quantitative estimate of drug-likeness (QED) is 0.265. The van der Waals surface area contributed by atoms with Gasteiger partial charge in [0, 0.05) is 0 Å². The zero-order valence-electron chi connectivity index (χ0n) is 45.9. The average Bonchev–Trinajstić information content (AvgIpc) is 4.29. The van der Waals surface area contributed by atoms with Gasteiger partial charge in [-0.2, -0.15) is 0 Å². The van der Waals surface area contributed by atoms with E-state index in [0.29, 0.717) is 5.41 Å². The Morgan fingerprint density at radius 2 is 0.463 bits per heavy atom. The summed E-state index contributed by atoms with van der Waals surface area (Å²) >= 11 is 0. The van der Waals surface area contributed by atoms with Crippen molar-refractivity contribution in [3.05, 3.63) is 0 Å². The van der Waals surface area contributed by atoms with Crippen molar-refractivity contribution in [3.8, 4) is 0 Å². The molecule has 15 saturated carbocycles. The first-order chi connectivity index (χ1) is 33.0. The molecule has 0 radical (unpaired) electrons. The maximum atomic E-state index is 2.57. The van der Waals surface area contributed by atoms with Crippen molar-refractivity contribution in [2.24, 2.45) is 88.3 Å². The van der Waals surface area contributed by atoms with E-state index in [9.17, 15) is 0 Å². The molecule has 0 aromatic rings. The Morgan fingerprint density at radius 3 is 0.731 bits per heavy atom. The Kier molecular flexibility index (Phi) is 23.1. The smallest absolute Gasteiger partial charge is 0.0298 e. The third-order valence-corrected chi connectivity index (χ3v) is 23.8. The van der Waals surface area contributed by atoms with Crippen LogP contribution in [0.15, 0.2) is 0 Å². The van der Waals surface area contributed by atoms with Gasteiger partial charge in [0.15, 0.2) is 0 Å². The zero-order valence-corrected chi connectivity index (χ0v) is 45.9. The van der Waals surface area contributed by atoms with E-state index >= 15 is 0 Å². The third-order valence-electron chi connectivity index (χ3n) is 23.8. The van der Waals surface area contributed by atoms with E-state index in [1.807, 2.05) is 0 Å². The topological polar surface area (TPSA) is 0 Å². The Bertz CT molecular complexity index is 1140. The molecule has 0 aromatic carbocycles. The summed E-state index contributed by atoms with van der Waals surface area (Å²) in [6, 6.07) is 0. The summed E-state index contributed by atoms with van der Waals surface area (Å²) in [6.45, 7) is 5.14. The van der Waals surface area contributed by atoms with Gasteiger partial charge < -0.3 is 0 Å². The molecule has 0 saturated heterocycles. The van der Waals surface area contributed by atoms with Gasteiger partial charge in [-0.3, -0.25) is 0 Å². The van der Waals surface area contributed by atoms with Crippen LogP contribution in [0, 0.1) is 88.3 Å². The molecule has 4 atom stereocenters. The second-order valence-electron chi connectivity index (χ2n) is 28.3. The maximum Gasteiger partial charge on any atom is -0.0298 e. The van der Waals surface area contributed by atoms with Gasteiger partial charge in [0.25, 0.3) is 0 Å². The predicted octanol–water partition coefficient (Wildman–Crippen LogP) is 22.3. The Labute approximate surface area is 421 Å². The van der Waals surface area contributed by atoms with Crippen molar-refractivity contribution >= 4 is 0 Å². The fraction of sp³-hybridized carbons (Fsp3) is 1.00. The highest BCUT2D eigenvalue weighted by Gasteiger charge is 2.49. The Morgan fingerprint density at radius 1 is 0.194 bits per heavy atom. The van der Waals surface area contributed by atoms with Crippen LogP contribution in [0.1, 0.15) is 335 Å². The van der Waals surface area contributed by atoms with E-state index in [1.54, 1.807) is 148 Å². The standard InChI is InChI=1S/C15H28.C12H22.C10H16.C10H18.2C7H12.C6H12/c1-15(2,13-9-5-3-6-10-13)14-11-7-4-8-12-14;1-3-7-11(8-4-1)12-9-5-2-6-10-12;1-2-9-7-4-5-8(6-7)10(9)3-1;1-2-6-10-8-4-3-7-9(10)5-1;1-2-7-4-3-6(1)5-7;1-2-6-4-7(3-1)5-6;1-2-4-6-5-3-1/h13-14H,3-12H2,1-2H3;11-12H,1-10H2;7-10H,1-6H2;9-10H,1-8H2;2*6-7H,1-5H2;1-6H2. The molecule has 6 bridgehead atoms. The maximum absolute atomic E-state index is 2.57. The molecular weight excluding hydrogens is 805 g/mol. The van der Waals surface area contributed by atoms with Crippen molar-refractivity contribution in [2.45, 2.75) is 335 Å². The van der Waals surface area contributed by atoms with Gasteiger partial charge in [-0.1, -0.05) is 258 Å². The minimum atomic E-state index is 0.640. The van der Waals surface area contributed by atoms with Crippen LogP contribution in [0.2, 0.25) is 0 Å². The van der Waals surface area contributed by atoms with E-state index in [4.69, 9.17) is 0 Å². The first-order valence-corrected chi connectivity index (χ1v) is 33.0. The Balaban J connectivity index is 0.000000108. The summed E-state index contributed by atoms with van der Waals surface area (Å²) in [4.78, 5) is 0. The number of hydrogen-bond donors (Lipinski definition) is 0. The largest absolute Gasteiger partial charge is 0.0594 e. The predicted molar refractivity (Wildman–Crippen MR) is 293 cm³/mol. The lowest BCUT2D eigenvalue weighted by atomic mass is 9.61. The van der Waals surface area contributed by atoms with Crippen LogP contribution in [0.4, 0.5) is 0 Å². The van der Waals surface area contributed by atoms with E-state index in [2.05, 4.69) is 13.8 Å².